The van der Waals surface area contributed by atoms with Gasteiger partial charge in [0.1, 0.15) is 19.3 Å². The van der Waals surface area contributed by atoms with Gasteiger partial charge < -0.3 is 33.8 Å². The number of phosphoric ester groups is 2. The highest BCUT2D eigenvalue weighted by molar-refractivity contribution is 7.47. The van der Waals surface area contributed by atoms with Crippen LogP contribution >= 0.6 is 15.6 Å². The minimum atomic E-state index is -4.96. The van der Waals surface area contributed by atoms with E-state index in [0.29, 0.717) is 25.7 Å². The normalized spacial score (nSPS) is 14.3. The zero-order chi connectivity index (χ0) is 70.7. The second-order valence-corrected chi connectivity index (χ2v) is 31.4. The first-order valence-electron chi connectivity index (χ1n) is 40.0. The molecule has 0 amide bonds. The lowest BCUT2D eigenvalue weighted by Crippen LogP contribution is -2.30. The molecule has 0 aromatic rings. The zero-order valence-electron chi connectivity index (χ0n) is 62.7. The van der Waals surface area contributed by atoms with Crippen LogP contribution in [0.5, 0.6) is 0 Å². The van der Waals surface area contributed by atoms with Crippen LogP contribution in [0.2, 0.25) is 0 Å². The lowest BCUT2D eigenvalue weighted by atomic mass is 9.99. The van der Waals surface area contributed by atoms with Gasteiger partial charge in [0, 0.05) is 25.7 Å². The van der Waals surface area contributed by atoms with Gasteiger partial charge in [-0.3, -0.25) is 37.3 Å². The van der Waals surface area contributed by atoms with Crippen LogP contribution in [0.15, 0.2) is 0 Å². The average molecular weight is 1410 g/mol. The van der Waals surface area contributed by atoms with Crippen LogP contribution in [0.4, 0.5) is 0 Å². The summed E-state index contributed by atoms with van der Waals surface area (Å²) in [5.74, 6) is -0.473. The highest BCUT2D eigenvalue weighted by Crippen LogP contribution is 2.45. The van der Waals surface area contributed by atoms with Gasteiger partial charge in [0.05, 0.1) is 26.4 Å². The van der Waals surface area contributed by atoms with Crippen molar-refractivity contribution in [1.82, 2.24) is 0 Å². The van der Waals surface area contributed by atoms with Gasteiger partial charge >= 0.3 is 39.5 Å². The van der Waals surface area contributed by atoms with Crippen molar-refractivity contribution in [3.8, 4) is 0 Å². The van der Waals surface area contributed by atoms with E-state index in [9.17, 15) is 43.2 Å². The summed E-state index contributed by atoms with van der Waals surface area (Å²) in [6.07, 6.45) is 56.8. The quantitative estimate of drug-likeness (QED) is 0.0222. The molecule has 0 aliphatic heterocycles. The van der Waals surface area contributed by atoms with Crippen molar-refractivity contribution < 1.29 is 80.2 Å². The largest absolute Gasteiger partial charge is 0.472 e. The molecule has 0 saturated carbocycles. The van der Waals surface area contributed by atoms with Gasteiger partial charge in [0.25, 0.3) is 0 Å². The van der Waals surface area contributed by atoms with E-state index in [2.05, 4.69) is 41.5 Å². The molecule has 0 spiro atoms. The average Bonchev–Trinajstić information content (AvgIpc) is 3.65. The van der Waals surface area contributed by atoms with Crippen LogP contribution in [-0.4, -0.2) is 96.7 Å². The van der Waals surface area contributed by atoms with Gasteiger partial charge in [0.15, 0.2) is 12.2 Å². The van der Waals surface area contributed by atoms with Crippen LogP contribution in [0.3, 0.4) is 0 Å². The van der Waals surface area contributed by atoms with Crippen molar-refractivity contribution in [1.29, 1.82) is 0 Å². The SMILES string of the molecule is CCCCCCCCCCCCC(=O)OC[C@H](COP(=O)(O)OC[C@H](O)COP(=O)(O)OC[C@@H](COC(=O)CCCCCCCCCCCCCC(C)C)OC(=O)CCCCCCCCCCCCCCCCCCCCC(C)CC)OC(=O)CCCCCCCCCCCC. The number of hydrogen-bond donors (Lipinski definition) is 3. The minimum Gasteiger partial charge on any atom is -0.462 e. The summed E-state index contributed by atoms with van der Waals surface area (Å²) < 4.78 is 68.5. The number of carbonyl (C=O) groups excluding carboxylic acids is 4. The van der Waals surface area contributed by atoms with Crippen molar-refractivity contribution in [2.24, 2.45) is 11.8 Å². The van der Waals surface area contributed by atoms with Crippen molar-refractivity contribution in [3.63, 3.8) is 0 Å². The maximum Gasteiger partial charge on any atom is 0.472 e. The number of esters is 4. The molecule has 0 saturated heterocycles. The van der Waals surface area contributed by atoms with Crippen LogP contribution in [0.1, 0.15) is 401 Å². The number of aliphatic hydroxyl groups is 1. The molecular formula is C77H150O17P2. The lowest BCUT2D eigenvalue weighted by Gasteiger charge is -2.21. The predicted molar refractivity (Wildman–Crippen MR) is 391 cm³/mol. The number of rotatable bonds is 76. The molecule has 3 unspecified atom stereocenters. The second kappa shape index (κ2) is 68.8. The van der Waals surface area contributed by atoms with Crippen LogP contribution in [0.25, 0.3) is 0 Å². The fourth-order valence-electron chi connectivity index (χ4n) is 11.8. The summed E-state index contributed by atoms with van der Waals surface area (Å²) in [6.45, 7) is 9.65. The van der Waals surface area contributed by atoms with Crippen LogP contribution < -0.4 is 0 Å². The summed E-state index contributed by atoms with van der Waals surface area (Å²) >= 11 is 0. The Morgan fingerprint density at radius 2 is 0.531 bits per heavy atom. The first kappa shape index (κ1) is 94.1. The smallest absolute Gasteiger partial charge is 0.462 e. The molecule has 6 atom stereocenters. The maximum atomic E-state index is 13.1. The van der Waals surface area contributed by atoms with Gasteiger partial charge in [-0.25, -0.2) is 9.13 Å². The number of carbonyl (C=O) groups is 4. The van der Waals surface area contributed by atoms with E-state index in [1.165, 1.54) is 218 Å². The molecule has 0 fully saturated rings. The molecule has 0 aromatic heterocycles. The Morgan fingerprint density at radius 3 is 0.792 bits per heavy atom. The van der Waals surface area contributed by atoms with Crippen molar-refractivity contribution >= 4 is 39.5 Å². The molecule has 570 valence electrons. The van der Waals surface area contributed by atoms with Gasteiger partial charge in [-0.2, -0.15) is 0 Å². The van der Waals surface area contributed by atoms with E-state index in [1.54, 1.807) is 0 Å². The lowest BCUT2D eigenvalue weighted by molar-refractivity contribution is -0.161. The third-order valence-electron chi connectivity index (χ3n) is 18.3. The minimum absolute atomic E-state index is 0.107. The predicted octanol–water partition coefficient (Wildman–Crippen LogP) is 22.7. The van der Waals surface area contributed by atoms with E-state index in [1.807, 2.05) is 0 Å². The number of phosphoric acid groups is 2. The monoisotopic (exact) mass is 1410 g/mol. The highest BCUT2D eigenvalue weighted by atomic mass is 31.2. The van der Waals surface area contributed by atoms with E-state index < -0.39 is 97.5 Å². The summed E-state index contributed by atoms with van der Waals surface area (Å²) in [5.41, 5.74) is 0. The van der Waals surface area contributed by atoms with Crippen molar-refractivity contribution in [2.75, 3.05) is 39.6 Å². The van der Waals surface area contributed by atoms with Crippen molar-refractivity contribution in [2.45, 2.75) is 419 Å². The van der Waals surface area contributed by atoms with Crippen LogP contribution in [-0.2, 0) is 65.4 Å². The fourth-order valence-corrected chi connectivity index (χ4v) is 13.4. The second-order valence-electron chi connectivity index (χ2n) is 28.5. The standard InChI is InChI=1S/C77H150O17P2/c1-7-10-12-14-16-18-35-41-47-53-59-74(79)87-65-72(93-76(81)61-55-49-43-36-19-17-15-13-11-8-2)67-91-95(83,84)89-63-71(78)64-90-96(85,86)92-68-73(66-88-75(80)60-54-48-42-37-32-28-29-33-39-45-51-57-69(4)5)94-77(82)62-56-50-44-38-31-27-25-23-21-20-22-24-26-30-34-40-46-52-58-70(6)9-3/h69-73,78H,7-68H2,1-6H3,(H,83,84)(H,85,86)/t70?,71-,72+,73+/m0/s1. The molecule has 0 heterocycles. The Bertz CT molecular complexity index is 1860. The van der Waals surface area contributed by atoms with Gasteiger partial charge in [-0.1, -0.05) is 350 Å². The molecule has 0 bridgehead atoms. The fraction of sp³-hybridized carbons (Fsp3) is 0.948. The molecule has 0 aliphatic carbocycles. The van der Waals surface area contributed by atoms with Gasteiger partial charge in [-0.15, -0.1) is 0 Å². The Morgan fingerprint density at radius 1 is 0.302 bits per heavy atom. The third kappa shape index (κ3) is 69.2. The molecular weight excluding hydrogens is 1260 g/mol. The number of unbranched alkanes of at least 4 members (excludes halogenated alkanes) is 45. The Balaban J connectivity index is 5.18. The molecule has 0 aliphatic rings. The first-order valence-corrected chi connectivity index (χ1v) is 43.0. The van der Waals surface area contributed by atoms with E-state index in [-0.39, 0.29) is 25.7 Å². The van der Waals surface area contributed by atoms with Crippen LogP contribution in [0, 0.1) is 11.8 Å². The van der Waals surface area contributed by atoms with E-state index in [0.717, 1.165) is 102 Å². The molecule has 0 aromatic carbocycles. The molecule has 96 heavy (non-hydrogen) atoms. The topological polar surface area (TPSA) is 237 Å². The zero-order valence-corrected chi connectivity index (χ0v) is 64.5. The molecule has 0 radical (unpaired) electrons. The number of hydrogen-bond acceptors (Lipinski definition) is 15. The third-order valence-corrected chi connectivity index (χ3v) is 20.2. The number of aliphatic hydroxyl groups excluding tert-OH is 1. The summed E-state index contributed by atoms with van der Waals surface area (Å²) in [5, 5.41) is 10.6. The molecule has 17 nitrogen and oxygen atoms in total. The Hall–Kier alpha value is -1.94. The van der Waals surface area contributed by atoms with Gasteiger partial charge in [0.2, 0.25) is 0 Å². The summed E-state index contributed by atoms with van der Waals surface area (Å²) in [4.78, 5) is 72.7. The maximum absolute atomic E-state index is 13.1. The molecule has 0 rings (SSSR count). The van der Waals surface area contributed by atoms with Gasteiger partial charge in [-0.05, 0) is 37.5 Å². The van der Waals surface area contributed by atoms with Crippen molar-refractivity contribution in [3.05, 3.63) is 0 Å². The first-order chi connectivity index (χ1) is 46.4. The molecule has 3 N–H and O–H groups in total. The summed E-state index contributed by atoms with van der Waals surface area (Å²) in [6, 6.07) is 0. The Kier molecular flexibility index (Phi) is 67.4. The van der Waals surface area contributed by atoms with E-state index in [4.69, 9.17) is 37.0 Å². The Labute approximate surface area is 588 Å². The highest BCUT2D eigenvalue weighted by Gasteiger charge is 2.30. The molecule has 19 heteroatoms. The summed E-state index contributed by atoms with van der Waals surface area (Å²) in [7, 11) is -9.91. The van der Waals surface area contributed by atoms with E-state index >= 15 is 0 Å². The number of ether oxygens (including phenoxy) is 4.